The van der Waals surface area contributed by atoms with Crippen LogP contribution in [0.1, 0.15) is 38.3 Å². The zero-order valence-electron chi connectivity index (χ0n) is 10.7. The number of benzene rings is 1. The summed E-state index contributed by atoms with van der Waals surface area (Å²) in [7, 11) is 0. The second kappa shape index (κ2) is 7.76. The van der Waals surface area contributed by atoms with Crippen LogP contribution in [-0.4, -0.2) is 13.2 Å². The number of rotatable bonds is 7. The predicted octanol–water partition coefficient (Wildman–Crippen LogP) is 3.15. The summed E-state index contributed by atoms with van der Waals surface area (Å²) >= 11 is 0. The topological polar surface area (TPSA) is 21.3 Å². The van der Waals surface area contributed by atoms with E-state index in [2.05, 4.69) is 37.2 Å². The fourth-order valence-corrected chi connectivity index (χ4v) is 1.74. The molecule has 0 fully saturated rings. The number of terminal acetylenes is 1. The molecule has 0 saturated carbocycles. The lowest BCUT2D eigenvalue weighted by molar-refractivity contribution is 0.370. The maximum absolute atomic E-state index is 5.35. The van der Waals surface area contributed by atoms with E-state index in [9.17, 15) is 0 Å². The van der Waals surface area contributed by atoms with Crippen molar-refractivity contribution in [3.8, 4) is 18.1 Å². The van der Waals surface area contributed by atoms with Crippen molar-refractivity contribution in [2.75, 3.05) is 13.2 Å². The minimum Gasteiger partial charge on any atom is -0.481 e. The standard InChI is InChI=1S/C15H21NO/c1-4-11-16-15(6-3)13-7-9-14(10-8-13)17-12-5-2/h2,7-10,15-16H,4,6,11-12H2,1,3H3. The maximum atomic E-state index is 5.35. The molecule has 0 aliphatic heterocycles. The van der Waals surface area contributed by atoms with Crippen molar-refractivity contribution >= 4 is 0 Å². The van der Waals surface area contributed by atoms with Gasteiger partial charge in [-0.3, -0.25) is 0 Å². The van der Waals surface area contributed by atoms with Gasteiger partial charge in [0.15, 0.2) is 0 Å². The first-order chi connectivity index (χ1) is 8.31. The summed E-state index contributed by atoms with van der Waals surface area (Å²) in [5, 5.41) is 3.52. The Bertz CT molecular complexity index is 350. The van der Waals surface area contributed by atoms with Gasteiger partial charge in [0, 0.05) is 6.04 Å². The van der Waals surface area contributed by atoms with E-state index in [-0.39, 0.29) is 0 Å². The second-order valence-corrected chi connectivity index (χ2v) is 3.98. The molecule has 0 radical (unpaired) electrons. The molecule has 1 N–H and O–H groups in total. The van der Waals surface area contributed by atoms with Crippen LogP contribution in [0.5, 0.6) is 5.75 Å². The fraction of sp³-hybridized carbons (Fsp3) is 0.467. The SMILES string of the molecule is C#CCOc1ccc(C(CC)NCCC)cc1. The molecule has 1 aromatic rings. The quantitative estimate of drug-likeness (QED) is 0.728. The molecule has 17 heavy (non-hydrogen) atoms. The Labute approximate surface area is 104 Å². The Morgan fingerprint density at radius 1 is 1.29 bits per heavy atom. The van der Waals surface area contributed by atoms with Crippen LogP contribution in [0, 0.1) is 12.3 Å². The van der Waals surface area contributed by atoms with Crippen LogP contribution in [0.4, 0.5) is 0 Å². The molecule has 0 amide bonds. The van der Waals surface area contributed by atoms with Gasteiger partial charge >= 0.3 is 0 Å². The number of hydrogen-bond acceptors (Lipinski definition) is 2. The second-order valence-electron chi connectivity index (χ2n) is 3.98. The summed E-state index contributed by atoms with van der Waals surface area (Å²) < 4.78 is 5.35. The lowest BCUT2D eigenvalue weighted by atomic mass is 10.0. The third-order valence-electron chi connectivity index (χ3n) is 2.65. The highest BCUT2D eigenvalue weighted by Gasteiger charge is 2.07. The summed E-state index contributed by atoms with van der Waals surface area (Å²) in [6, 6.07) is 8.58. The Morgan fingerprint density at radius 2 is 2.00 bits per heavy atom. The minimum absolute atomic E-state index is 0.324. The van der Waals surface area contributed by atoms with E-state index in [1.54, 1.807) is 0 Å². The Kier molecular flexibility index (Phi) is 6.21. The number of ether oxygens (including phenoxy) is 1. The van der Waals surface area contributed by atoms with Gasteiger partial charge in [0.1, 0.15) is 12.4 Å². The zero-order chi connectivity index (χ0) is 12.5. The third-order valence-corrected chi connectivity index (χ3v) is 2.65. The van der Waals surface area contributed by atoms with E-state index in [0.717, 1.165) is 25.1 Å². The van der Waals surface area contributed by atoms with Crippen LogP contribution in [0.3, 0.4) is 0 Å². The van der Waals surface area contributed by atoms with Crippen LogP contribution in [-0.2, 0) is 0 Å². The predicted molar refractivity (Wildman–Crippen MR) is 72.1 cm³/mol. The van der Waals surface area contributed by atoms with Crippen LogP contribution in [0.2, 0.25) is 0 Å². The average Bonchev–Trinajstić information content (AvgIpc) is 2.38. The van der Waals surface area contributed by atoms with Crippen molar-refractivity contribution in [2.45, 2.75) is 32.7 Å². The molecule has 1 rings (SSSR count). The molecule has 0 spiro atoms. The molecule has 0 heterocycles. The van der Waals surface area contributed by atoms with Gasteiger partial charge < -0.3 is 10.1 Å². The molecule has 1 aromatic carbocycles. The van der Waals surface area contributed by atoms with Gasteiger partial charge in [-0.1, -0.05) is 31.9 Å². The van der Waals surface area contributed by atoms with Gasteiger partial charge in [0.25, 0.3) is 0 Å². The molecule has 1 unspecified atom stereocenters. The van der Waals surface area contributed by atoms with Crippen LogP contribution in [0.15, 0.2) is 24.3 Å². The van der Waals surface area contributed by atoms with Crippen molar-refractivity contribution in [3.63, 3.8) is 0 Å². The molecule has 1 atom stereocenters. The molecule has 2 nitrogen and oxygen atoms in total. The molecular formula is C15H21NO. The van der Waals surface area contributed by atoms with E-state index in [1.165, 1.54) is 5.56 Å². The highest BCUT2D eigenvalue weighted by molar-refractivity contribution is 5.29. The lowest BCUT2D eigenvalue weighted by Crippen LogP contribution is -2.21. The van der Waals surface area contributed by atoms with Crippen molar-refractivity contribution < 1.29 is 4.74 Å². The summed E-state index contributed by atoms with van der Waals surface area (Å²) in [4.78, 5) is 0. The summed E-state index contributed by atoms with van der Waals surface area (Å²) in [5.41, 5.74) is 1.30. The Morgan fingerprint density at radius 3 is 2.53 bits per heavy atom. The van der Waals surface area contributed by atoms with E-state index in [4.69, 9.17) is 11.2 Å². The highest BCUT2D eigenvalue weighted by Crippen LogP contribution is 2.20. The van der Waals surface area contributed by atoms with E-state index >= 15 is 0 Å². The molecule has 0 aromatic heterocycles. The van der Waals surface area contributed by atoms with E-state index in [1.807, 2.05) is 12.1 Å². The van der Waals surface area contributed by atoms with Gasteiger partial charge in [-0.15, -0.1) is 6.42 Å². The summed E-state index contributed by atoms with van der Waals surface area (Å²) in [6.07, 6.45) is 7.39. The number of hydrogen-bond donors (Lipinski definition) is 1. The van der Waals surface area contributed by atoms with Crippen LogP contribution < -0.4 is 10.1 Å². The van der Waals surface area contributed by atoms with Crippen molar-refractivity contribution in [1.29, 1.82) is 0 Å². The first-order valence-corrected chi connectivity index (χ1v) is 6.21. The van der Waals surface area contributed by atoms with Crippen molar-refractivity contribution in [3.05, 3.63) is 29.8 Å². The van der Waals surface area contributed by atoms with Gasteiger partial charge in [0.05, 0.1) is 0 Å². The average molecular weight is 231 g/mol. The molecule has 0 bridgehead atoms. The Balaban J connectivity index is 2.61. The van der Waals surface area contributed by atoms with Crippen LogP contribution in [0.25, 0.3) is 0 Å². The summed E-state index contributed by atoms with van der Waals surface area (Å²) in [5.74, 6) is 3.29. The Hall–Kier alpha value is -1.46. The maximum Gasteiger partial charge on any atom is 0.148 e. The van der Waals surface area contributed by atoms with E-state index < -0.39 is 0 Å². The largest absolute Gasteiger partial charge is 0.481 e. The van der Waals surface area contributed by atoms with Crippen LogP contribution >= 0.6 is 0 Å². The molecule has 0 aliphatic rings. The van der Waals surface area contributed by atoms with E-state index in [0.29, 0.717) is 12.6 Å². The van der Waals surface area contributed by atoms with Gasteiger partial charge in [0.2, 0.25) is 0 Å². The highest BCUT2D eigenvalue weighted by atomic mass is 16.5. The monoisotopic (exact) mass is 231 g/mol. The fourth-order valence-electron chi connectivity index (χ4n) is 1.74. The molecule has 2 heteroatoms. The smallest absolute Gasteiger partial charge is 0.148 e. The third kappa shape index (κ3) is 4.50. The minimum atomic E-state index is 0.324. The van der Waals surface area contributed by atoms with Gasteiger partial charge in [-0.2, -0.15) is 0 Å². The first-order valence-electron chi connectivity index (χ1n) is 6.21. The van der Waals surface area contributed by atoms with Gasteiger partial charge in [-0.25, -0.2) is 0 Å². The van der Waals surface area contributed by atoms with Crippen molar-refractivity contribution in [1.82, 2.24) is 5.32 Å². The molecule has 0 aliphatic carbocycles. The zero-order valence-corrected chi connectivity index (χ0v) is 10.7. The van der Waals surface area contributed by atoms with Gasteiger partial charge in [-0.05, 0) is 37.1 Å². The molecule has 92 valence electrons. The number of nitrogens with one attached hydrogen (secondary N) is 1. The first kappa shape index (κ1) is 13.6. The van der Waals surface area contributed by atoms with Crippen molar-refractivity contribution in [2.24, 2.45) is 0 Å². The molecular weight excluding hydrogens is 210 g/mol. The lowest BCUT2D eigenvalue weighted by Gasteiger charge is -2.17. The normalized spacial score (nSPS) is 11.8. The summed E-state index contributed by atoms with van der Waals surface area (Å²) in [6.45, 7) is 5.74. The molecule has 0 saturated heterocycles.